The maximum atomic E-state index is 12.0. The number of anilines is 1. The minimum Gasteiger partial charge on any atom is -0.461 e. The van der Waals surface area contributed by atoms with Gasteiger partial charge in [-0.05, 0) is 61.0 Å². The Balaban J connectivity index is 1.57. The molecule has 4 heteroatoms. The highest BCUT2D eigenvalue weighted by Gasteiger charge is 2.08. The second-order valence-corrected chi connectivity index (χ2v) is 6.13. The molecule has 3 aromatic rings. The Morgan fingerprint density at radius 3 is 2.62 bits per heavy atom. The SMILES string of the molecule is Cc1cccc(NC(=O)CCc2ccc(-c3ccc(Cl)cc3)o2)c1. The molecular weight excluding hydrogens is 322 g/mol. The van der Waals surface area contributed by atoms with Gasteiger partial charge in [0.25, 0.3) is 0 Å². The molecule has 0 saturated heterocycles. The summed E-state index contributed by atoms with van der Waals surface area (Å²) in [6.45, 7) is 2.00. The molecule has 24 heavy (non-hydrogen) atoms. The van der Waals surface area contributed by atoms with E-state index in [0.29, 0.717) is 17.9 Å². The molecule has 0 aliphatic rings. The van der Waals surface area contributed by atoms with Crippen LogP contribution in [0.3, 0.4) is 0 Å². The van der Waals surface area contributed by atoms with Crippen molar-refractivity contribution in [3.05, 3.63) is 77.0 Å². The summed E-state index contributed by atoms with van der Waals surface area (Å²) in [5, 5.41) is 3.60. The van der Waals surface area contributed by atoms with E-state index in [1.165, 1.54) is 0 Å². The fourth-order valence-electron chi connectivity index (χ4n) is 2.46. The van der Waals surface area contributed by atoms with Crippen molar-refractivity contribution in [1.29, 1.82) is 0 Å². The third-order valence-electron chi connectivity index (χ3n) is 3.69. The van der Waals surface area contributed by atoms with Gasteiger partial charge in [0.05, 0.1) is 0 Å². The number of halogens is 1. The van der Waals surface area contributed by atoms with Gasteiger partial charge in [-0.3, -0.25) is 4.79 Å². The normalized spacial score (nSPS) is 10.6. The average Bonchev–Trinajstić information content (AvgIpc) is 3.03. The van der Waals surface area contributed by atoms with E-state index < -0.39 is 0 Å². The highest BCUT2D eigenvalue weighted by molar-refractivity contribution is 6.30. The molecule has 0 atom stereocenters. The summed E-state index contributed by atoms with van der Waals surface area (Å²) in [7, 11) is 0. The van der Waals surface area contributed by atoms with Crippen molar-refractivity contribution in [2.75, 3.05) is 5.32 Å². The third kappa shape index (κ3) is 4.27. The smallest absolute Gasteiger partial charge is 0.224 e. The molecule has 0 bridgehead atoms. The Kier molecular flexibility index (Phi) is 5.02. The first-order valence-electron chi connectivity index (χ1n) is 7.81. The molecule has 0 fully saturated rings. The molecule has 0 aliphatic heterocycles. The second kappa shape index (κ2) is 7.37. The molecule has 0 saturated carbocycles. The molecule has 1 aromatic heterocycles. The van der Waals surface area contributed by atoms with Crippen LogP contribution in [0.2, 0.25) is 5.02 Å². The van der Waals surface area contributed by atoms with E-state index in [9.17, 15) is 4.79 Å². The van der Waals surface area contributed by atoms with E-state index >= 15 is 0 Å². The number of benzene rings is 2. The van der Waals surface area contributed by atoms with Gasteiger partial charge in [0.15, 0.2) is 0 Å². The van der Waals surface area contributed by atoms with Crippen molar-refractivity contribution >= 4 is 23.2 Å². The molecule has 0 radical (unpaired) electrons. The highest BCUT2D eigenvalue weighted by Crippen LogP contribution is 2.24. The topological polar surface area (TPSA) is 42.2 Å². The first-order valence-corrected chi connectivity index (χ1v) is 8.19. The summed E-state index contributed by atoms with van der Waals surface area (Å²) in [5.41, 5.74) is 2.91. The largest absolute Gasteiger partial charge is 0.461 e. The van der Waals surface area contributed by atoms with Crippen molar-refractivity contribution in [3.8, 4) is 11.3 Å². The molecule has 122 valence electrons. The second-order valence-electron chi connectivity index (χ2n) is 5.69. The van der Waals surface area contributed by atoms with Crippen molar-refractivity contribution in [2.24, 2.45) is 0 Å². The maximum absolute atomic E-state index is 12.0. The molecule has 1 heterocycles. The van der Waals surface area contributed by atoms with Crippen LogP contribution in [-0.2, 0) is 11.2 Å². The standard InChI is InChI=1S/C20H18ClNO2/c1-14-3-2-4-17(13-14)22-20(23)12-10-18-9-11-19(24-18)15-5-7-16(21)8-6-15/h2-9,11,13H,10,12H2,1H3,(H,22,23). The predicted molar refractivity (Wildman–Crippen MR) is 97.3 cm³/mol. The van der Waals surface area contributed by atoms with E-state index in [1.807, 2.05) is 67.6 Å². The van der Waals surface area contributed by atoms with Crippen LogP contribution in [-0.4, -0.2) is 5.91 Å². The predicted octanol–water partition coefficient (Wildman–Crippen LogP) is 5.48. The van der Waals surface area contributed by atoms with E-state index in [2.05, 4.69) is 5.32 Å². The Morgan fingerprint density at radius 2 is 1.88 bits per heavy atom. The number of carbonyl (C=O) groups excluding carboxylic acids is 1. The van der Waals surface area contributed by atoms with Crippen molar-refractivity contribution < 1.29 is 9.21 Å². The molecule has 3 rings (SSSR count). The lowest BCUT2D eigenvalue weighted by molar-refractivity contribution is -0.116. The fourth-order valence-corrected chi connectivity index (χ4v) is 2.59. The Bertz CT molecular complexity index is 837. The lowest BCUT2D eigenvalue weighted by atomic mass is 10.2. The Labute approximate surface area is 146 Å². The van der Waals surface area contributed by atoms with Gasteiger partial charge in [0.1, 0.15) is 11.5 Å². The number of furan rings is 1. The van der Waals surface area contributed by atoms with Gasteiger partial charge in [-0.15, -0.1) is 0 Å². The molecule has 1 amide bonds. The lowest BCUT2D eigenvalue weighted by Crippen LogP contribution is -2.12. The van der Waals surface area contributed by atoms with Gasteiger partial charge in [-0.2, -0.15) is 0 Å². The zero-order valence-electron chi connectivity index (χ0n) is 13.4. The number of hydrogen-bond acceptors (Lipinski definition) is 2. The van der Waals surface area contributed by atoms with Crippen LogP contribution in [0.5, 0.6) is 0 Å². The summed E-state index contributed by atoms with van der Waals surface area (Å²) in [6.07, 6.45) is 0.937. The minimum atomic E-state index is -0.0231. The minimum absolute atomic E-state index is 0.0231. The zero-order chi connectivity index (χ0) is 16.9. The first kappa shape index (κ1) is 16.3. The quantitative estimate of drug-likeness (QED) is 0.668. The van der Waals surface area contributed by atoms with Gasteiger partial charge < -0.3 is 9.73 Å². The van der Waals surface area contributed by atoms with Crippen LogP contribution in [0.1, 0.15) is 17.7 Å². The molecule has 0 spiro atoms. The van der Waals surface area contributed by atoms with Gasteiger partial charge in [-0.1, -0.05) is 23.7 Å². The maximum Gasteiger partial charge on any atom is 0.224 e. The number of carbonyl (C=O) groups is 1. The molecule has 2 aromatic carbocycles. The lowest BCUT2D eigenvalue weighted by Gasteiger charge is -2.05. The van der Waals surface area contributed by atoms with E-state index in [-0.39, 0.29) is 5.91 Å². The van der Waals surface area contributed by atoms with Crippen molar-refractivity contribution in [3.63, 3.8) is 0 Å². The van der Waals surface area contributed by atoms with Crippen molar-refractivity contribution in [2.45, 2.75) is 19.8 Å². The molecule has 0 aliphatic carbocycles. The van der Waals surface area contributed by atoms with Crippen LogP contribution in [0.25, 0.3) is 11.3 Å². The molecule has 3 nitrogen and oxygen atoms in total. The summed E-state index contributed by atoms with van der Waals surface area (Å²) in [5.74, 6) is 1.55. The summed E-state index contributed by atoms with van der Waals surface area (Å²) in [4.78, 5) is 12.0. The highest BCUT2D eigenvalue weighted by atomic mass is 35.5. The molecule has 1 N–H and O–H groups in total. The van der Waals surface area contributed by atoms with Crippen LogP contribution in [0, 0.1) is 6.92 Å². The van der Waals surface area contributed by atoms with Gasteiger partial charge in [-0.25, -0.2) is 0 Å². The fraction of sp³-hybridized carbons (Fsp3) is 0.150. The van der Waals surface area contributed by atoms with Crippen LogP contribution < -0.4 is 5.32 Å². The summed E-state index contributed by atoms with van der Waals surface area (Å²) in [6, 6.07) is 19.1. The van der Waals surface area contributed by atoms with E-state index in [0.717, 1.165) is 28.3 Å². The van der Waals surface area contributed by atoms with Crippen LogP contribution >= 0.6 is 11.6 Å². The molecule has 0 unspecified atom stereocenters. The Hall–Kier alpha value is -2.52. The van der Waals surface area contributed by atoms with Gasteiger partial charge >= 0.3 is 0 Å². The number of rotatable bonds is 5. The number of nitrogens with one attached hydrogen (secondary N) is 1. The zero-order valence-corrected chi connectivity index (χ0v) is 14.1. The van der Waals surface area contributed by atoms with Gasteiger partial charge in [0.2, 0.25) is 5.91 Å². The number of aryl methyl sites for hydroxylation is 2. The first-order chi connectivity index (χ1) is 11.6. The average molecular weight is 340 g/mol. The Morgan fingerprint density at radius 1 is 1.08 bits per heavy atom. The van der Waals surface area contributed by atoms with Gasteiger partial charge in [0, 0.05) is 29.1 Å². The number of amides is 1. The van der Waals surface area contributed by atoms with E-state index in [1.54, 1.807) is 0 Å². The monoisotopic (exact) mass is 339 g/mol. The van der Waals surface area contributed by atoms with Crippen molar-refractivity contribution in [1.82, 2.24) is 0 Å². The summed E-state index contributed by atoms with van der Waals surface area (Å²) < 4.78 is 5.81. The molecular formula is C20H18ClNO2. The van der Waals surface area contributed by atoms with Crippen LogP contribution in [0.4, 0.5) is 5.69 Å². The summed E-state index contributed by atoms with van der Waals surface area (Å²) >= 11 is 5.89. The third-order valence-corrected chi connectivity index (χ3v) is 3.94. The van der Waals surface area contributed by atoms with Crippen LogP contribution in [0.15, 0.2) is 65.1 Å². The van der Waals surface area contributed by atoms with E-state index in [4.69, 9.17) is 16.0 Å². The number of hydrogen-bond donors (Lipinski definition) is 1.